The maximum atomic E-state index is 5.77. The second-order valence-electron chi connectivity index (χ2n) is 7.19. The predicted octanol–water partition coefficient (Wildman–Crippen LogP) is 3.68. The molecule has 134 valence electrons. The highest BCUT2D eigenvalue weighted by Crippen LogP contribution is 2.38. The van der Waals surface area contributed by atoms with Crippen molar-refractivity contribution >= 4 is 10.9 Å². The number of hydrogen-bond acceptors (Lipinski definition) is 4. The van der Waals surface area contributed by atoms with Gasteiger partial charge in [0.2, 0.25) is 0 Å². The fourth-order valence-electron chi connectivity index (χ4n) is 4.21. The zero-order valence-corrected chi connectivity index (χ0v) is 15.0. The summed E-state index contributed by atoms with van der Waals surface area (Å²) < 4.78 is 13.4. The van der Waals surface area contributed by atoms with Crippen molar-refractivity contribution in [1.82, 2.24) is 14.7 Å². The molecule has 0 N–H and O–H groups in total. The maximum absolute atomic E-state index is 5.77. The lowest BCUT2D eigenvalue weighted by atomic mass is 10.0. The third kappa shape index (κ3) is 2.72. The number of fused-ring (bicyclic) bond motifs is 2. The van der Waals surface area contributed by atoms with Crippen LogP contribution in [0.15, 0.2) is 42.6 Å². The summed E-state index contributed by atoms with van der Waals surface area (Å²) in [6.07, 6.45) is 4.37. The van der Waals surface area contributed by atoms with E-state index in [-0.39, 0.29) is 0 Å². The van der Waals surface area contributed by atoms with Gasteiger partial charge in [0.25, 0.3) is 0 Å². The van der Waals surface area contributed by atoms with Gasteiger partial charge >= 0.3 is 0 Å². The minimum absolute atomic E-state index is 0.440. The molecular weight excluding hydrogens is 326 g/mol. The zero-order chi connectivity index (χ0) is 17.5. The van der Waals surface area contributed by atoms with Crippen molar-refractivity contribution in [1.29, 1.82) is 0 Å². The van der Waals surface area contributed by atoms with Crippen LogP contribution in [0.2, 0.25) is 0 Å². The molecule has 1 unspecified atom stereocenters. The Morgan fingerprint density at radius 3 is 2.88 bits per heavy atom. The molecule has 26 heavy (non-hydrogen) atoms. The summed E-state index contributed by atoms with van der Waals surface area (Å²) in [7, 11) is 1.99. The highest BCUT2D eigenvalue weighted by atomic mass is 16.6. The predicted molar refractivity (Wildman–Crippen MR) is 101 cm³/mol. The summed E-state index contributed by atoms with van der Waals surface area (Å²) in [5, 5.41) is 5.56. The molecule has 0 saturated carbocycles. The first kappa shape index (κ1) is 15.7. The summed E-state index contributed by atoms with van der Waals surface area (Å²) in [5.74, 6) is 1.75. The minimum atomic E-state index is 0.440. The molecular formula is C21H23N3O2. The monoisotopic (exact) mass is 349 g/mol. The van der Waals surface area contributed by atoms with E-state index in [0.29, 0.717) is 19.3 Å². The Hall–Kier alpha value is -2.53. The Balaban J connectivity index is 1.39. The molecule has 1 fully saturated rings. The normalized spacial score (nSPS) is 20.0. The molecule has 0 spiro atoms. The van der Waals surface area contributed by atoms with E-state index >= 15 is 0 Å². The van der Waals surface area contributed by atoms with E-state index in [4.69, 9.17) is 9.47 Å². The van der Waals surface area contributed by atoms with Crippen LogP contribution >= 0.6 is 0 Å². The second kappa shape index (κ2) is 6.32. The molecule has 1 saturated heterocycles. The molecule has 3 aromatic rings. The summed E-state index contributed by atoms with van der Waals surface area (Å²) in [6.45, 7) is 3.36. The van der Waals surface area contributed by atoms with Gasteiger partial charge in [-0.1, -0.05) is 12.1 Å². The van der Waals surface area contributed by atoms with Crippen LogP contribution in [0, 0.1) is 0 Å². The Bertz CT molecular complexity index is 950. The Labute approximate surface area is 153 Å². The number of aryl methyl sites for hydroxylation is 1. The molecule has 0 radical (unpaired) electrons. The molecule has 2 aliphatic heterocycles. The average Bonchev–Trinajstić information content (AvgIpc) is 3.28. The summed E-state index contributed by atoms with van der Waals surface area (Å²) in [6, 6.07) is 13.5. The molecule has 2 aliphatic rings. The first-order valence-electron chi connectivity index (χ1n) is 9.32. The molecule has 5 heteroatoms. The van der Waals surface area contributed by atoms with Gasteiger partial charge in [-0.3, -0.25) is 9.58 Å². The Morgan fingerprint density at radius 2 is 1.96 bits per heavy atom. The van der Waals surface area contributed by atoms with Gasteiger partial charge < -0.3 is 9.47 Å². The smallest absolute Gasteiger partial charge is 0.161 e. The third-order valence-corrected chi connectivity index (χ3v) is 5.51. The van der Waals surface area contributed by atoms with Gasteiger partial charge in [0.1, 0.15) is 13.2 Å². The molecule has 2 aromatic carbocycles. The van der Waals surface area contributed by atoms with Crippen LogP contribution in [-0.4, -0.2) is 34.4 Å². The van der Waals surface area contributed by atoms with Crippen LogP contribution in [0.5, 0.6) is 11.5 Å². The Morgan fingerprint density at radius 1 is 1.08 bits per heavy atom. The largest absolute Gasteiger partial charge is 0.486 e. The number of hydrogen-bond donors (Lipinski definition) is 0. The van der Waals surface area contributed by atoms with Gasteiger partial charge in [-0.15, -0.1) is 0 Å². The number of benzene rings is 2. The molecule has 1 aromatic heterocycles. The van der Waals surface area contributed by atoms with E-state index in [1.54, 1.807) is 0 Å². The van der Waals surface area contributed by atoms with Crippen LogP contribution in [0.25, 0.3) is 10.9 Å². The van der Waals surface area contributed by atoms with Crippen LogP contribution in [0.1, 0.15) is 30.0 Å². The van der Waals surface area contributed by atoms with Crippen molar-refractivity contribution in [3.05, 3.63) is 53.7 Å². The third-order valence-electron chi connectivity index (χ3n) is 5.51. The molecule has 5 nitrogen and oxygen atoms in total. The van der Waals surface area contributed by atoms with E-state index in [0.717, 1.165) is 24.6 Å². The standard InChI is InChI=1S/C21H23N3O2/c1-23-18-6-4-15(11-17(18)13-22-23)14-24-8-2-3-19(24)16-5-7-20-21(12-16)26-10-9-25-20/h4-7,11-13,19H,2-3,8-10,14H2,1H3. The first-order valence-corrected chi connectivity index (χ1v) is 9.32. The molecule has 0 aliphatic carbocycles. The first-order chi connectivity index (χ1) is 12.8. The SMILES string of the molecule is Cn1ncc2cc(CN3CCCC3c3ccc4c(c3)OCCO4)ccc21. The van der Waals surface area contributed by atoms with E-state index in [9.17, 15) is 0 Å². The average molecular weight is 349 g/mol. The molecule has 1 atom stereocenters. The zero-order valence-electron chi connectivity index (χ0n) is 15.0. The highest BCUT2D eigenvalue weighted by molar-refractivity contribution is 5.79. The number of aromatic nitrogens is 2. The topological polar surface area (TPSA) is 39.5 Å². The summed E-state index contributed by atoms with van der Waals surface area (Å²) >= 11 is 0. The molecule has 5 rings (SSSR count). The van der Waals surface area contributed by atoms with Gasteiger partial charge in [-0.2, -0.15) is 5.10 Å². The lowest BCUT2D eigenvalue weighted by Crippen LogP contribution is -2.23. The lowest BCUT2D eigenvalue weighted by Gasteiger charge is -2.26. The quantitative estimate of drug-likeness (QED) is 0.723. The van der Waals surface area contributed by atoms with Gasteiger partial charge in [-0.05, 0) is 54.8 Å². The number of likely N-dealkylation sites (tertiary alicyclic amines) is 1. The molecule has 0 amide bonds. The minimum Gasteiger partial charge on any atom is -0.486 e. The van der Waals surface area contributed by atoms with Crippen molar-refractivity contribution in [3.8, 4) is 11.5 Å². The number of rotatable bonds is 3. The van der Waals surface area contributed by atoms with E-state index in [1.165, 1.54) is 34.9 Å². The van der Waals surface area contributed by atoms with Crippen molar-refractivity contribution in [3.63, 3.8) is 0 Å². The van der Waals surface area contributed by atoms with Crippen molar-refractivity contribution in [2.45, 2.75) is 25.4 Å². The highest BCUT2D eigenvalue weighted by Gasteiger charge is 2.27. The summed E-state index contributed by atoms with van der Waals surface area (Å²) in [5.41, 5.74) is 3.85. The fourth-order valence-corrected chi connectivity index (χ4v) is 4.21. The van der Waals surface area contributed by atoms with Crippen LogP contribution in [0.3, 0.4) is 0 Å². The van der Waals surface area contributed by atoms with Crippen LogP contribution in [0.4, 0.5) is 0 Å². The van der Waals surface area contributed by atoms with Crippen LogP contribution in [-0.2, 0) is 13.6 Å². The van der Waals surface area contributed by atoms with Gasteiger partial charge in [0.05, 0.1) is 11.7 Å². The van der Waals surface area contributed by atoms with E-state index < -0.39 is 0 Å². The van der Waals surface area contributed by atoms with Crippen molar-refractivity contribution < 1.29 is 9.47 Å². The van der Waals surface area contributed by atoms with E-state index in [1.807, 2.05) is 17.9 Å². The van der Waals surface area contributed by atoms with Crippen molar-refractivity contribution in [2.24, 2.45) is 7.05 Å². The fraction of sp³-hybridized carbons (Fsp3) is 0.381. The van der Waals surface area contributed by atoms with Gasteiger partial charge in [0, 0.05) is 25.0 Å². The van der Waals surface area contributed by atoms with E-state index in [2.05, 4.69) is 46.4 Å². The Kier molecular flexibility index (Phi) is 3.82. The number of nitrogens with zero attached hydrogens (tertiary/aromatic N) is 3. The number of ether oxygens (including phenoxy) is 2. The van der Waals surface area contributed by atoms with Crippen molar-refractivity contribution in [2.75, 3.05) is 19.8 Å². The van der Waals surface area contributed by atoms with Gasteiger partial charge in [-0.25, -0.2) is 0 Å². The maximum Gasteiger partial charge on any atom is 0.161 e. The van der Waals surface area contributed by atoms with Gasteiger partial charge in [0.15, 0.2) is 11.5 Å². The lowest BCUT2D eigenvalue weighted by molar-refractivity contribution is 0.170. The molecule has 3 heterocycles. The summed E-state index contributed by atoms with van der Waals surface area (Å²) in [4.78, 5) is 2.57. The molecule has 0 bridgehead atoms. The van der Waals surface area contributed by atoms with Crippen LogP contribution < -0.4 is 9.47 Å². The second-order valence-corrected chi connectivity index (χ2v) is 7.19.